The summed E-state index contributed by atoms with van der Waals surface area (Å²) in [5, 5.41) is 7.26. The van der Waals surface area contributed by atoms with Gasteiger partial charge in [-0.3, -0.25) is 4.79 Å². The fourth-order valence-corrected chi connectivity index (χ4v) is 4.45. The molecule has 1 aromatic heterocycles. The summed E-state index contributed by atoms with van der Waals surface area (Å²) in [4.78, 5) is 12.0. The largest absolute Gasteiger partial charge is 0.311 e. The van der Waals surface area contributed by atoms with Gasteiger partial charge in [0.2, 0.25) is 5.91 Å². The topological polar surface area (TPSA) is 81.1 Å². The van der Waals surface area contributed by atoms with Gasteiger partial charge in [0.25, 0.3) is 0 Å². The Morgan fingerprint density at radius 3 is 2.70 bits per heavy atom. The molecular formula is C13H19N3O3S. The number of hydrogen-bond donors (Lipinski definition) is 1. The molecule has 110 valence electrons. The van der Waals surface area contributed by atoms with Crippen molar-refractivity contribution in [2.45, 2.75) is 38.6 Å². The molecule has 1 N–H and O–H groups in total. The molecule has 0 radical (unpaired) electrons. The minimum Gasteiger partial charge on any atom is -0.311 e. The average Bonchev–Trinajstić information content (AvgIpc) is 2.79. The maximum atomic E-state index is 12.0. The molecule has 1 saturated heterocycles. The van der Waals surface area contributed by atoms with Crippen LogP contribution in [0.1, 0.15) is 37.4 Å². The van der Waals surface area contributed by atoms with Crippen molar-refractivity contribution in [3.8, 4) is 0 Å². The van der Waals surface area contributed by atoms with Crippen molar-refractivity contribution in [3.05, 3.63) is 11.8 Å². The van der Waals surface area contributed by atoms with E-state index in [1.54, 1.807) is 4.68 Å². The molecule has 0 aromatic carbocycles. The Bertz CT molecular complexity index is 631. The molecule has 0 bridgehead atoms. The van der Waals surface area contributed by atoms with Crippen molar-refractivity contribution in [1.82, 2.24) is 9.78 Å². The second-order valence-electron chi connectivity index (χ2n) is 5.79. The summed E-state index contributed by atoms with van der Waals surface area (Å²) < 4.78 is 24.9. The number of aryl methyl sites for hydroxylation is 1. The number of aromatic nitrogens is 2. The lowest BCUT2D eigenvalue weighted by atomic mass is 9.85. The van der Waals surface area contributed by atoms with E-state index in [4.69, 9.17) is 0 Å². The third-order valence-electron chi connectivity index (χ3n) is 4.14. The molecule has 2 fully saturated rings. The van der Waals surface area contributed by atoms with E-state index in [1.165, 1.54) is 0 Å². The number of anilines is 1. The molecule has 20 heavy (non-hydrogen) atoms. The van der Waals surface area contributed by atoms with Crippen molar-refractivity contribution < 1.29 is 13.2 Å². The summed E-state index contributed by atoms with van der Waals surface area (Å²) in [6, 6.07) is 1.65. The summed E-state index contributed by atoms with van der Waals surface area (Å²) in [6.45, 7) is 1.85. The standard InChI is InChI=1S/C13H19N3O3S/c1-9-7-12(14-13(17)10-3-2-4-10)16(15-9)11-5-6-20(18,19)8-11/h7,10-11H,2-6,8H2,1H3,(H,14,17). The summed E-state index contributed by atoms with van der Waals surface area (Å²) in [6.07, 6.45) is 3.56. The van der Waals surface area contributed by atoms with Crippen LogP contribution >= 0.6 is 0 Å². The fourth-order valence-electron chi connectivity index (χ4n) is 2.76. The predicted octanol–water partition coefficient (Wildman–Crippen LogP) is 1.29. The zero-order valence-electron chi connectivity index (χ0n) is 11.5. The number of nitrogens with one attached hydrogen (secondary N) is 1. The van der Waals surface area contributed by atoms with E-state index in [-0.39, 0.29) is 29.4 Å². The number of carbonyl (C=O) groups excluding carboxylic acids is 1. The molecule has 0 spiro atoms. The SMILES string of the molecule is Cc1cc(NC(=O)C2CCC2)n(C2CCS(=O)(=O)C2)n1. The van der Waals surface area contributed by atoms with Crippen LogP contribution in [0.3, 0.4) is 0 Å². The van der Waals surface area contributed by atoms with E-state index in [1.807, 2.05) is 13.0 Å². The Hall–Kier alpha value is -1.37. The minimum atomic E-state index is -2.96. The van der Waals surface area contributed by atoms with E-state index >= 15 is 0 Å². The highest BCUT2D eigenvalue weighted by Crippen LogP contribution is 2.30. The van der Waals surface area contributed by atoms with E-state index in [0.717, 1.165) is 25.0 Å². The zero-order chi connectivity index (χ0) is 14.3. The van der Waals surface area contributed by atoms with Gasteiger partial charge in [-0.15, -0.1) is 0 Å². The van der Waals surface area contributed by atoms with Gasteiger partial charge in [-0.25, -0.2) is 13.1 Å². The molecule has 1 unspecified atom stereocenters. The van der Waals surface area contributed by atoms with E-state index in [0.29, 0.717) is 12.2 Å². The highest BCUT2D eigenvalue weighted by molar-refractivity contribution is 7.91. The van der Waals surface area contributed by atoms with Gasteiger partial charge in [-0.2, -0.15) is 5.10 Å². The van der Waals surface area contributed by atoms with E-state index in [2.05, 4.69) is 10.4 Å². The van der Waals surface area contributed by atoms with Crippen LogP contribution in [0, 0.1) is 12.8 Å². The maximum Gasteiger partial charge on any atom is 0.228 e. The molecule has 1 aliphatic carbocycles. The van der Waals surface area contributed by atoms with Gasteiger partial charge in [0, 0.05) is 12.0 Å². The molecular weight excluding hydrogens is 278 g/mol. The number of carbonyl (C=O) groups is 1. The molecule has 1 saturated carbocycles. The van der Waals surface area contributed by atoms with Gasteiger partial charge in [0.05, 0.1) is 23.2 Å². The Kier molecular flexibility index (Phi) is 3.32. The Morgan fingerprint density at radius 1 is 1.40 bits per heavy atom. The van der Waals surface area contributed by atoms with Crippen LogP contribution in [-0.2, 0) is 14.6 Å². The lowest BCUT2D eigenvalue weighted by Crippen LogP contribution is -2.29. The minimum absolute atomic E-state index is 0.0262. The Balaban J connectivity index is 1.79. The first kappa shape index (κ1) is 13.6. The van der Waals surface area contributed by atoms with Gasteiger partial charge >= 0.3 is 0 Å². The number of rotatable bonds is 3. The molecule has 6 nitrogen and oxygen atoms in total. The quantitative estimate of drug-likeness (QED) is 0.911. The number of amides is 1. The summed E-state index contributed by atoms with van der Waals surface area (Å²) >= 11 is 0. The number of nitrogens with zero attached hydrogens (tertiary/aromatic N) is 2. The molecule has 1 atom stereocenters. The predicted molar refractivity (Wildman–Crippen MR) is 75.2 cm³/mol. The highest BCUT2D eigenvalue weighted by atomic mass is 32.2. The molecule has 2 aliphatic rings. The molecule has 1 aliphatic heterocycles. The van der Waals surface area contributed by atoms with Crippen molar-refractivity contribution in [2.24, 2.45) is 5.92 Å². The molecule has 1 aromatic rings. The van der Waals surface area contributed by atoms with Crippen LogP contribution in [-0.4, -0.2) is 35.6 Å². The van der Waals surface area contributed by atoms with Crippen LogP contribution < -0.4 is 5.32 Å². The first-order chi connectivity index (χ1) is 9.44. The molecule has 7 heteroatoms. The Labute approximate surface area is 118 Å². The van der Waals surface area contributed by atoms with Crippen LogP contribution in [0.15, 0.2) is 6.07 Å². The van der Waals surface area contributed by atoms with Gasteiger partial charge < -0.3 is 5.32 Å². The number of hydrogen-bond acceptors (Lipinski definition) is 4. The molecule has 2 heterocycles. The second-order valence-corrected chi connectivity index (χ2v) is 8.02. The summed E-state index contributed by atoms with van der Waals surface area (Å²) in [5.74, 6) is 1.07. The Morgan fingerprint density at radius 2 is 2.15 bits per heavy atom. The maximum absolute atomic E-state index is 12.0. The zero-order valence-corrected chi connectivity index (χ0v) is 12.3. The van der Waals surface area contributed by atoms with Crippen molar-refractivity contribution in [3.63, 3.8) is 0 Å². The molecule has 1 amide bonds. The summed E-state index contributed by atoms with van der Waals surface area (Å²) in [5.41, 5.74) is 0.790. The van der Waals surface area contributed by atoms with Gasteiger partial charge in [-0.1, -0.05) is 6.42 Å². The third-order valence-corrected chi connectivity index (χ3v) is 5.89. The third kappa shape index (κ3) is 2.59. The van der Waals surface area contributed by atoms with Gasteiger partial charge in [-0.05, 0) is 26.2 Å². The van der Waals surface area contributed by atoms with Crippen LogP contribution in [0.2, 0.25) is 0 Å². The fraction of sp³-hybridized carbons (Fsp3) is 0.692. The van der Waals surface area contributed by atoms with E-state index in [9.17, 15) is 13.2 Å². The van der Waals surface area contributed by atoms with Gasteiger partial charge in [0.15, 0.2) is 9.84 Å². The highest BCUT2D eigenvalue weighted by Gasteiger charge is 2.32. The van der Waals surface area contributed by atoms with Crippen molar-refractivity contribution in [2.75, 3.05) is 16.8 Å². The monoisotopic (exact) mass is 297 g/mol. The van der Waals surface area contributed by atoms with Crippen LogP contribution in [0.5, 0.6) is 0 Å². The lowest BCUT2D eigenvalue weighted by molar-refractivity contribution is -0.122. The van der Waals surface area contributed by atoms with Crippen molar-refractivity contribution >= 4 is 21.6 Å². The number of sulfone groups is 1. The first-order valence-electron chi connectivity index (χ1n) is 7.02. The van der Waals surface area contributed by atoms with Crippen LogP contribution in [0.25, 0.3) is 0 Å². The van der Waals surface area contributed by atoms with Gasteiger partial charge in [0.1, 0.15) is 5.82 Å². The normalized spacial score (nSPS) is 25.4. The second kappa shape index (κ2) is 4.87. The average molecular weight is 297 g/mol. The lowest BCUT2D eigenvalue weighted by Gasteiger charge is -2.24. The van der Waals surface area contributed by atoms with E-state index < -0.39 is 9.84 Å². The first-order valence-corrected chi connectivity index (χ1v) is 8.84. The van der Waals surface area contributed by atoms with Crippen LogP contribution in [0.4, 0.5) is 5.82 Å². The smallest absolute Gasteiger partial charge is 0.228 e. The van der Waals surface area contributed by atoms with Crippen molar-refractivity contribution in [1.29, 1.82) is 0 Å². The summed E-state index contributed by atoms with van der Waals surface area (Å²) in [7, 11) is -2.96. The molecule has 3 rings (SSSR count).